The zero-order valence-corrected chi connectivity index (χ0v) is 14.6. The van der Waals surface area contributed by atoms with Gasteiger partial charge in [-0.05, 0) is 42.8 Å². The van der Waals surface area contributed by atoms with E-state index in [-0.39, 0.29) is 18.0 Å². The molecule has 6 heteroatoms. The number of methoxy groups -OCH3 is 1. The van der Waals surface area contributed by atoms with E-state index in [1.807, 2.05) is 35.3 Å². The van der Waals surface area contributed by atoms with Gasteiger partial charge in [-0.25, -0.2) is 0 Å². The predicted molar refractivity (Wildman–Crippen MR) is 97.0 cm³/mol. The van der Waals surface area contributed by atoms with Crippen LogP contribution in [-0.4, -0.2) is 43.1 Å². The van der Waals surface area contributed by atoms with E-state index in [1.165, 1.54) is 0 Å². The highest BCUT2D eigenvalue weighted by Crippen LogP contribution is 2.38. The summed E-state index contributed by atoms with van der Waals surface area (Å²) in [7, 11) is 1.58. The minimum absolute atomic E-state index is 0.0628. The maximum atomic E-state index is 12.8. The Bertz CT molecular complexity index is 803. The third kappa shape index (κ3) is 2.94. The Hall–Kier alpha value is -2.24. The maximum absolute atomic E-state index is 12.8. The molecule has 3 heterocycles. The van der Waals surface area contributed by atoms with Crippen LogP contribution in [0.3, 0.4) is 0 Å². The van der Waals surface area contributed by atoms with Crippen molar-refractivity contribution in [3.05, 3.63) is 53.5 Å². The van der Waals surface area contributed by atoms with E-state index < -0.39 is 0 Å². The van der Waals surface area contributed by atoms with E-state index in [0.717, 1.165) is 31.0 Å². The summed E-state index contributed by atoms with van der Waals surface area (Å²) >= 11 is 6.21. The van der Waals surface area contributed by atoms with Gasteiger partial charge in [-0.15, -0.1) is 0 Å². The van der Waals surface area contributed by atoms with Crippen LogP contribution in [0.15, 0.2) is 47.1 Å². The van der Waals surface area contributed by atoms with Crippen molar-refractivity contribution in [1.29, 1.82) is 0 Å². The van der Waals surface area contributed by atoms with Crippen LogP contribution in [0.25, 0.3) is 6.08 Å². The van der Waals surface area contributed by atoms with Crippen molar-refractivity contribution < 1.29 is 13.9 Å². The van der Waals surface area contributed by atoms with E-state index in [4.69, 9.17) is 20.8 Å². The molecule has 2 fully saturated rings. The lowest BCUT2D eigenvalue weighted by Crippen LogP contribution is -2.50. The molecule has 2 atom stereocenters. The van der Waals surface area contributed by atoms with Gasteiger partial charge in [-0.1, -0.05) is 17.7 Å². The Morgan fingerprint density at radius 3 is 2.96 bits per heavy atom. The Morgan fingerprint density at radius 1 is 1.40 bits per heavy atom. The number of furan rings is 1. The number of hydrogen-bond donors (Lipinski definition) is 0. The van der Waals surface area contributed by atoms with Gasteiger partial charge in [-0.3, -0.25) is 9.69 Å². The number of halogens is 1. The molecule has 0 N–H and O–H groups in total. The molecule has 4 rings (SSSR count). The van der Waals surface area contributed by atoms with Crippen molar-refractivity contribution in [1.82, 2.24) is 4.90 Å². The van der Waals surface area contributed by atoms with Crippen LogP contribution < -0.4 is 9.64 Å². The highest BCUT2D eigenvalue weighted by Gasteiger charge is 2.49. The number of rotatable bonds is 5. The number of benzene rings is 1. The SMILES string of the molecule is COc1ccc(N2C(=O)[C@@H]3C[C@H]2CN3C/C=C/c2ccco2)cc1Cl. The lowest BCUT2D eigenvalue weighted by atomic mass is 10.2. The largest absolute Gasteiger partial charge is 0.495 e. The monoisotopic (exact) mass is 358 g/mol. The molecule has 2 aliphatic heterocycles. The summed E-state index contributed by atoms with van der Waals surface area (Å²) in [6.07, 6.45) is 6.49. The lowest BCUT2D eigenvalue weighted by molar-refractivity contribution is -0.122. The molecule has 25 heavy (non-hydrogen) atoms. The number of likely N-dealkylation sites (tertiary alicyclic amines) is 1. The van der Waals surface area contributed by atoms with Crippen molar-refractivity contribution >= 4 is 29.3 Å². The molecule has 0 aliphatic carbocycles. The summed E-state index contributed by atoms with van der Waals surface area (Å²) in [6, 6.07) is 9.41. The number of piperazine rings is 1. The summed E-state index contributed by atoms with van der Waals surface area (Å²) in [4.78, 5) is 16.9. The third-order valence-electron chi connectivity index (χ3n) is 4.85. The minimum Gasteiger partial charge on any atom is -0.495 e. The Kier molecular flexibility index (Phi) is 4.27. The standard InChI is InChI=1S/C19H19ClN2O3/c1-24-18-7-6-13(10-16(18)20)22-14-11-17(19(22)23)21(12-14)8-2-4-15-5-3-9-25-15/h2-7,9-10,14,17H,8,11-12H2,1H3/b4-2+/t14-,17-/m0/s1. The second-order valence-electron chi connectivity index (χ2n) is 6.30. The van der Waals surface area contributed by atoms with Crippen molar-refractivity contribution in [2.45, 2.75) is 18.5 Å². The van der Waals surface area contributed by atoms with Crippen LogP contribution >= 0.6 is 11.6 Å². The fraction of sp³-hybridized carbons (Fsp3) is 0.316. The van der Waals surface area contributed by atoms with Crippen molar-refractivity contribution in [3.8, 4) is 5.75 Å². The average molecular weight is 359 g/mol. The van der Waals surface area contributed by atoms with Gasteiger partial charge >= 0.3 is 0 Å². The fourth-order valence-corrected chi connectivity index (χ4v) is 3.95. The molecule has 5 nitrogen and oxygen atoms in total. The first-order valence-corrected chi connectivity index (χ1v) is 8.66. The second-order valence-corrected chi connectivity index (χ2v) is 6.71. The van der Waals surface area contributed by atoms with E-state index >= 15 is 0 Å². The van der Waals surface area contributed by atoms with Gasteiger partial charge < -0.3 is 14.1 Å². The number of anilines is 1. The zero-order chi connectivity index (χ0) is 17.4. The number of fused-ring (bicyclic) bond motifs is 2. The Labute approximate surface area is 151 Å². The normalized spacial score (nSPS) is 23.1. The average Bonchev–Trinajstić information content (AvgIpc) is 3.31. The maximum Gasteiger partial charge on any atom is 0.244 e. The summed E-state index contributed by atoms with van der Waals surface area (Å²) < 4.78 is 10.5. The number of amides is 1. The van der Waals surface area contributed by atoms with Gasteiger partial charge in [0.1, 0.15) is 11.5 Å². The molecular weight excluding hydrogens is 340 g/mol. The summed E-state index contributed by atoms with van der Waals surface area (Å²) in [5, 5.41) is 0.522. The van der Waals surface area contributed by atoms with E-state index in [9.17, 15) is 4.79 Å². The van der Waals surface area contributed by atoms with Gasteiger partial charge in [-0.2, -0.15) is 0 Å². The molecular formula is C19H19ClN2O3. The number of ether oxygens (including phenoxy) is 1. The van der Waals surface area contributed by atoms with Crippen LogP contribution in [0.1, 0.15) is 12.2 Å². The van der Waals surface area contributed by atoms with E-state index in [2.05, 4.69) is 4.90 Å². The smallest absolute Gasteiger partial charge is 0.244 e. The zero-order valence-electron chi connectivity index (χ0n) is 13.9. The van der Waals surface area contributed by atoms with Crippen LogP contribution in [-0.2, 0) is 4.79 Å². The molecule has 0 spiro atoms. The van der Waals surface area contributed by atoms with Crippen LogP contribution in [0.4, 0.5) is 5.69 Å². The molecule has 2 aliphatic rings. The Morgan fingerprint density at radius 2 is 2.28 bits per heavy atom. The molecule has 0 unspecified atom stereocenters. The summed E-state index contributed by atoms with van der Waals surface area (Å²) in [5.74, 6) is 1.58. The van der Waals surface area contributed by atoms with Crippen molar-refractivity contribution in [2.75, 3.05) is 25.1 Å². The van der Waals surface area contributed by atoms with Crippen LogP contribution in [0.2, 0.25) is 5.02 Å². The predicted octanol–water partition coefficient (Wildman–Crippen LogP) is 3.44. The number of nitrogens with zero attached hydrogens (tertiary/aromatic N) is 2. The van der Waals surface area contributed by atoms with E-state index in [0.29, 0.717) is 10.8 Å². The molecule has 2 bridgehead atoms. The fourth-order valence-electron chi connectivity index (χ4n) is 3.70. The van der Waals surface area contributed by atoms with Gasteiger partial charge in [0.25, 0.3) is 0 Å². The molecule has 1 amide bonds. The van der Waals surface area contributed by atoms with Gasteiger partial charge in [0.2, 0.25) is 5.91 Å². The molecule has 2 saturated heterocycles. The quantitative estimate of drug-likeness (QED) is 0.821. The topological polar surface area (TPSA) is 45.9 Å². The Balaban J connectivity index is 1.45. The number of carbonyl (C=O) groups is 1. The molecule has 130 valence electrons. The highest BCUT2D eigenvalue weighted by molar-refractivity contribution is 6.32. The van der Waals surface area contributed by atoms with Gasteiger partial charge in [0, 0.05) is 18.8 Å². The second kappa shape index (κ2) is 6.58. The van der Waals surface area contributed by atoms with Gasteiger partial charge in [0.15, 0.2) is 0 Å². The minimum atomic E-state index is -0.0628. The first-order chi connectivity index (χ1) is 12.2. The molecule has 1 aromatic carbocycles. The van der Waals surface area contributed by atoms with Crippen molar-refractivity contribution in [3.63, 3.8) is 0 Å². The molecule has 0 saturated carbocycles. The summed E-state index contributed by atoms with van der Waals surface area (Å²) in [6.45, 7) is 1.60. The van der Waals surface area contributed by atoms with Crippen LogP contribution in [0.5, 0.6) is 5.75 Å². The van der Waals surface area contributed by atoms with Gasteiger partial charge in [0.05, 0.1) is 30.5 Å². The number of carbonyl (C=O) groups excluding carboxylic acids is 1. The molecule has 1 aromatic heterocycles. The van der Waals surface area contributed by atoms with E-state index in [1.54, 1.807) is 25.5 Å². The van der Waals surface area contributed by atoms with Crippen molar-refractivity contribution in [2.24, 2.45) is 0 Å². The highest BCUT2D eigenvalue weighted by atomic mass is 35.5. The first kappa shape index (κ1) is 16.2. The van der Waals surface area contributed by atoms with Crippen LogP contribution in [0, 0.1) is 0 Å². The first-order valence-electron chi connectivity index (χ1n) is 8.28. The molecule has 2 aromatic rings. The molecule has 0 radical (unpaired) electrons. The number of hydrogen-bond acceptors (Lipinski definition) is 4. The third-order valence-corrected chi connectivity index (χ3v) is 5.14. The summed E-state index contributed by atoms with van der Waals surface area (Å²) in [5.41, 5.74) is 0.842. The lowest BCUT2D eigenvalue weighted by Gasteiger charge is -2.33.